The van der Waals surface area contributed by atoms with E-state index in [1.807, 2.05) is 30.3 Å². The van der Waals surface area contributed by atoms with Crippen LogP contribution in [0, 0.1) is 11.8 Å². The van der Waals surface area contributed by atoms with Crippen LogP contribution in [0.1, 0.15) is 30.9 Å². The standard InChI is InChI=1S/C14H18N2O/c15-12-11(8-9-6-7-9)14(17)16-13(12)10-4-2-1-3-5-10/h1-5,9,11-13H,6-8,15H2,(H,16,17). The van der Waals surface area contributed by atoms with Gasteiger partial charge in [-0.15, -0.1) is 0 Å². The summed E-state index contributed by atoms with van der Waals surface area (Å²) in [6.07, 6.45) is 3.51. The quantitative estimate of drug-likeness (QED) is 0.828. The molecule has 0 bridgehead atoms. The van der Waals surface area contributed by atoms with Crippen LogP contribution in [0.15, 0.2) is 30.3 Å². The van der Waals surface area contributed by atoms with E-state index in [-0.39, 0.29) is 23.9 Å². The van der Waals surface area contributed by atoms with Gasteiger partial charge in [0.25, 0.3) is 0 Å². The van der Waals surface area contributed by atoms with E-state index in [4.69, 9.17) is 5.73 Å². The zero-order valence-corrected chi connectivity index (χ0v) is 9.80. The van der Waals surface area contributed by atoms with Gasteiger partial charge in [-0.05, 0) is 17.9 Å². The summed E-state index contributed by atoms with van der Waals surface area (Å²) in [5.41, 5.74) is 7.36. The van der Waals surface area contributed by atoms with E-state index in [9.17, 15) is 4.79 Å². The summed E-state index contributed by atoms with van der Waals surface area (Å²) in [4.78, 5) is 11.9. The first-order valence-corrected chi connectivity index (χ1v) is 6.36. The van der Waals surface area contributed by atoms with Crippen molar-refractivity contribution in [1.29, 1.82) is 0 Å². The molecule has 2 aliphatic rings. The van der Waals surface area contributed by atoms with Crippen molar-refractivity contribution in [2.75, 3.05) is 0 Å². The lowest BCUT2D eigenvalue weighted by Gasteiger charge is -2.18. The van der Waals surface area contributed by atoms with Crippen molar-refractivity contribution >= 4 is 5.91 Å². The van der Waals surface area contributed by atoms with E-state index >= 15 is 0 Å². The van der Waals surface area contributed by atoms with Crippen molar-refractivity contribution in [1.82, 2.24) is 5.32 Å². The lowest BCUT2D eigenvalue weighted by atomic mass is 9.91. The van der Waals surface area contributed by atoms with Gasteiger partial charge in [0.15, 0.2) is 0 Å². The van der Waals surface area contributed by atoms with Gasteiger partial charge in [0, 0.05) is 6.04 Å². The van der Waals surface area contributed by atoms with Gasteiger partial charge in [-0.25, -0.2) is 0 Å². The van der Waals surface area contributed by atoms with E-state index in [2.05, 4.69) is 5.32 Å². The highest BCUT2D eigenvalue weighted by atomic mass is 16.2. The molecule has 3 rings (SSSR count). The number of nitrogens with one attached hydrogen (secondary N) is 1. The molecule has 3 atom stereocenters. The highest BCUT2D eigenvalue weighted by Crippen LogP contribution is 2.39. The summed E-state index contributed by atoms with van der Waals surface area (Å²) in [6.45, 7) is 0. The number of rotatable bonds is 3. The average molecular weight is 230 g/mol. The molecule has 3 heteroatoms. The van der Waals surface area contributed by atoms with E-state index in [0.717, 1.165) is 17.9 Å². The van der Waals surface area contributed by atoms with Gasteiger partial charge >= 0.3 is 0 Å². The highest BCUT2D eigenvalue weighted by Gasteiger charge is 2.42. The van der Waals surface area contributed by atoms with Gasteiger partial charge < -0.3 is 11.1 Å². The SMILES string of the molecule is NC1C(CC2CC2)C(=O)NC1c1ccccc1. The minimum Gasteiger partial charge on any atom is -0.347 e. The van der Waals surface area contributed by atoms with Crippen LogP contribution in [-0.4, -0.2) is 11.9 Å². The zero-order valence-electron chi connectivity index (χ0n) is 9.80. The second-order valence-electron chi connectivity index (χ2n) is 5.26. The molecule has 0 radical (unpaired) electrons. The molecule has 1 amide bonds. The molecular weight excluding hydrogens is 212 g/mol. The van der Waals surface area contributed by atoms with Crippen molar-refractivity contribution < 1.29 is 4.79 Å². The van der Waals surface area contributed by atoms with Crippen LogP contribution in [-0.2, 0) is 4.79 Å². The molecule has 1 aromatic rings. The molecule has 90 valence electrons. The third-order valence-corrected chi connectivity index (χ3v) is 3.93. The van der Waals surface area contributed by atoms with Gasteiger partial charge in [0.05, 0.1) is 12.0 Å². The number of benzene rings is 1. The van der Waals surface area contributed by atoms with Crippen LogP contribution in [0.3, 0.4) is 0 Å². The van der Waals surface area contributed by atoms with Crippen molar-refractivity contribution in [2.45, 2.75) is 31.3 Å². The Morgan fingerprint density at radius 1 is 1.24 bits per heavy atom. The first kappa shape index (κ1) is 10.8. The lowest BCUT2D eigenvalue weighted by Crippen LogP contribution is -2.32. The summed E-state index contributed by atoms with van der Waals surface area (Å²) in [6, 6.07) is 9.94. The van der Waals surface area contributed by atoms with Crippen LogP contribution < -0.4 is 11.1 Å². The van der Waals surface area contributed by atoms with Crippen molar-refractivity contribution in [3.05, 3.63) is 35.9 Å². The van der Waals surface area contributed by atoms with Crippen molar-refractivity contribution in [2.24, 2.45) is 17.6 Å². The number of hydrogen-bond acceptors (Lipinski definition) is 2. The zero-order chi connectivity index (χ0) is 11.8. The molecule has 1 aliphatic carbocycles. The molecule has 0 spiro atoms. The topological polar surface area (TPSA) is 55.1 Å². The number of carbonyl (C=O) groups is 1. The monoisotopic (exact) mass is 230 g/mol. The predicted molar refractivity (Wildman–Crippen MR) is 66.1 cm³/mol. The summed E-state index contributed by atoms with van der Waals surface area (Å²) in [5.74, 6) is 0.886. The maximum Gasteiger partial charge on any atom is 0.225 e. The second kappa shape index (κ2) is 4.15. The van der Waals surface area contributed by atoms with Crippen molar-refractivity contribution in [3.63, 3.8) is 0 Å². The van der Waals surface area contributed by atoms with Crippen molar-refractivity contribution in [3.8, 4) is 0 Å². The molecule has 3 nitrogen and oxygen atoms in total. The fraction of sp³-hybridized carbons (Fsp3) is 0.500. The summed E-state index contributed by atoms with van der Waals surface area (Å²) in [5, 5.41) is 3.04. The number of carbonyl (C=O) groups excluding carboxylic acids is 1. The van der Waals surface area contributed by atoms with Crippen LogP contribution in [0.4, 0.5) is 0 Å². The molecule has 17 heavy (non-hydrogen) atoms. The Morgan fingerprint density at radius 3 is 2.59 bits per heavy atom. The normalized spacial score (nSPS) is 32.5. The van der Waals surface area contributed by atoms with Gasteiger partial charge in [0.1, 0.15) is 0 Å². The second-order valence-corrected chi connectivity index (χ2v) is 5.26. The predicted octanol–water partition coefficient (Wildman–Crippen LogP) is 1.60. The minimum absolute atomic E-state index is 0.00699. The van der Waals surface area contributed by atoms with Gasteiger partial charge in [-0.2, -0.15) is 0 Å². The van der Waals surface area contributed by atoms with Crippen LogP contribution in [0.5, 0.6) is 0 Å². The molecule has 0 aromatic heterocycles. The van der Waals surface area contributed by atoms with E-state index < -0.39 is 0 Å². The number of hydrogen-bond donors (Lipinski definition) is 2. The maximum absolute atomic E-state index is 11.9. The number of amides is 1. The van der Waals surface area contributed by atoms with E-state index in [0.29, 0.717) is 0 Å². The fourth-order valence-electron chi connectivity index (χ4n) is 2.71. The minimum atomic E-state index is -0.0782. The first-order chi connectivity index (χ1) is 8.25. The maximum atomic E-state index is 11.9. The summed E-state index contributed by atoms with van der Waals surface area (Å²) >= 11 is 0. The Hall–Kier alpha value is -1.35. The van der Waals surface area contributed by atoms with Gasteiger partial charge in [0.2, 0.25) is 5.91 Å². The largest absolute Gasteiger partial charge is 0.347 e. The molecular formula is C14H18N2O. The lowest BCUT2D eigenvalue weighted by molar-refractivity contribution is -0.123. The first-order valence-electron chi connectivity index (χ1n) is 6.36. The molecule has 1 heterocycles. The van der Waals surface area contributed by atoms with Crippen LogP contribution >= 0.6 is 0 Å². The molecule has 2 fully saturated rings. The fourth-order valence-corrected chi connectivity index (χ4v) is 2.71. The number of nitrogens with two attached hydrogens (primary N) is 1. The Labute approximate surface area is 101 Å². The average Bonchev–Trinajstić information content (AvgIpc) is 3.12. The molecule has 1 saturated heterocycles. The third-order valence-electron chi connectivity index (χ3n) is 3.93. The Balaban J connectivity index is 1.77. The molecule has 1 aliphatic heterocycles. The summed E-state index contributed by atoms with van der Waals surface area (Å²) in [7, 11) is 0. The molecule has 3 N–H and O–H groups in total. The van der Waals surface area contributed by atoms with Gasteiger partial charge in [-0.3, -0.25) is 4.79 Å². The Bertz CT molecular complexity index is 413. The smallest absolute Gasteiger partial charge is 0.225 e. The Kier molecular flexibility index (Phi) is 2.63. The van der Waals surface area contributed by atoms with E-state index in [1.54, 1.807) is 0 Å². The van der Waals surface area contributed by atoms with E-state index in [1.165, 1.54) is 12.8 Å². The van der Waals surface area contributed by atoms with Crippen LogP contribution in [0.25, 0.3) is 0 Å². The highest BCUT2D eigenvalue weighted by molar-refractivity contribution is 5.83. The molecule has 1 saturated carbocycles. The van der Waals surface area contributed by atoms with Gasteiger partial charge in [-0.1, -0.05) is 43.2 Å². The molecule has 3 unspecified atom stereocenters. The third kappa shape index (κ3) is 2.07. The Morgan fingerprint density at radius 2 is 1.94 bits per heavy atom. The summed E-state index contributed by atoms with van der Waals surface area (Å²) < 4.78 is 0. The van der Waals surface area contributed by atoms with Crippen LogP contribution in [0.2, 0.25) is 0 Å². The molecule has 1 aromatic carbocycles.